The van der Waals surface area contributed by atoms with Gasteiger partial charge in [0.1, 0.15) is 5.69 Å². The maximum atomic E-state index is 4.46. The molecule has 0 aliphatic rings. The van der Waals surface area contributed by atoms with E-state index >= 15 is 0 Å². The van der Waals surface area contributed by atoms with E-state index in [9.17, 15) is 0 Å². The third-order valence-electron chi connectivity index (χ3n) is 2.08. The van der Waals surface area contributed by atoms with Crippen molar-refractivity contribution in [1.29, 1.82) is 0 Å². The van der Waals surface area contributed by atoms with Crippen molar-refractivity contribution in [2.45, 2.75) is 0 Å². The molecule has 3 rings (SSSR count). The van der Waals surface area contributed by atoms with Crippen LogP contribution >= 0.6 is 27.3 Å². The second-order valence-electron chi connectivity index (χ2n) is 3.05. The third kappa shape index (κ3) is 1.57. The summed E-state index contributed by atoms with van der Waals surface area (Å²) >= 11 is 5.12. The topological polar surface area (TPSA) is 30.2 Å². The molecule has 74 valence electrons. The highest BCUT2D eigenvalue weighted by atomic mass is 79.9. The molecule has 0 atom stereocenters. The lowest BCUT2D eigenvalue weighted by Crippen LogP contribution is -1.91. The van der Waals surface area contributed by atoms with Crippen molar-refractivity contribution in [2.24, 2.45) is 0 Å². The van der Waals surface area contributed by atoms with Crippen LogP contribution in [-0.4, -0.2) is 14.6 Å². The largest absolute Gasteiger partial charge is 0.236 e. The highest BCUT2D eigenvalue weighted by Gasteiger charge is 2.04. The fourth-order valence-corrected chi connectivity index (χ4v) is 2.75. The summed E-state index contributed by atoms with van der Waals surface area (Å²) in [5.41, 5.74) is 1.84. The van der Waals surface area contributed by atoms with Gasteiger partial charge in [0.05, 0.1) is 8.66 Å². The van der Waals surface area contributed by atoms with Gasteiger partial charge in [-0.25, -0.2) is 9.50 Å². The minimum atomic E-state index is 0.870. The molecule has 0 bridgehead atoms. The number of nitrogens with zero attached hydrogens (tertiary/aromatic N) is 3. The smallest absolute Gasteiger partial charge is 0.153 e. The predicted octanol–water partition coefficient (Wildman–Crippen LogP) is 3.22. The molecule has 0 aliphatic carbocycles. The van der Waals surface area contributed by atoms with E-state index in [0.717, 1.165) is 20.0 Å². The summed E-state index contributed by atoms with van der Waals surface area (Å²) in [6, 6.07) is 8.04. The molecule has 0 aliphatic heterocycles. The van der Waals surface area contributed by atoms with Gasteiger partial charge in [0.25, 0.3) is 0 Å². The van der Waals surface area contributed by atoms with Crippen molar-refractivity contribution >= 4 is 32.9 Å². The summed E-state index contributed by atoms with van der Waals surface area (Å²) in [6.45, 7) is 0. The summed E-state index contributed by atoms with van der Waals surface area (Å²) in [4.78, 5) is 5.30. The Balaban J connectivity index is 2.18. The van der Waals surface area contributed by atoms with Crippen LogP contribution in [0.5, 0.6) is 0 Å². The Hall–Kier alpha value is -1.20. The van der Waals surface area contributed by atoms with Crippen molar-refractivity contribution in [3.8, 4) is 10.6 Å². The van der Waals surface area contributed by atoms with E-state index in [1.807, 2.05) is 24.4 Å². The Morgan fingerprint density at radius 2 is 2.13 bits per heavy atom. The Bertz CT molecular complexity index is 614. The average Bonchev–Trinajstić information content (AvgIpc) is 2.84. The number of imidazole rings is 1. The summed E-state index contributed by atoms with van der Waals surface area (Å²) in [5.74, 6) is 0. The third-order valence-corrected chi connectivity index (χ3v) is 3.73. The monoisotopic (exact) mass is 279 g/mol. The van der Waals surface area contributed by atoms with Crippen LogP contribution in [0.1, 0.15) is 0 Å². The minimum Gasteiger partial charge on any atom is -0.236 e. The molecule has 5 heteroatoms. The lowest BCUT2D eigenvalue weighted by molar-refractivity contribution is 0.944. The van der Waals surface area contributed by atoms with Crippen molar-refractivity contribution in [1.82, 2.24) is 14.6 Å². The van der Waals surface area contributed by atoms with Crippen LogP contribution in [0.4, 0.5) is 0 Å². The Labute approximate surface area is 98.5 Å². The Kier molecular flexibility index (Phi) is 2.07. The van der Waals surface area contributed by atoms with Crippen LogP contribution in [0.15, 0.2) is 40.4 Å². The summed E-state index contributed by atoms with van der Waals surface area (Å²) < 4.78 is 2.90. The lowest BCUT2D eigenvalue weighted by atomic mass is 10.3. The number of fused-ring (bicyclic) bond motifs is 1. The highest BCUT2D eigenvalue weighted by Crippen LogP contribution is 2.29. The van der Waals surface area contributed by atoms with Crippen LogP contribution in [0.3, 0.4) is 0 Å². The first-order valence-electron chi connectivity index (χ1n) is 4.39. The number of hydrogen-bond donors (Lipinski definition) is 0. The van der Waals surface area contributed by atoms with E-state index in [4.69, 9.17) is 0 Å². The summed E-state index contributed by atoms with van der Waals surface area (Å²) in [7, 11) is 0. The lowest BCUT2D eigenvalue weighted by Gasteiger charge is -1.97. The van der Waals surface area contributed by atoms with Crippen molar-refractivity contribution in [2.75, 3.05) is 0 Å². The molecular formula is C10H6BrN3S. The highest BCUT2D eigenvalue weighted by molar-refractivity contribution is 9.11. The maximum absolute atomic E-state index is 4.46. The second-order valence-corrected chi connectivity index (χ2v) is 5.52. The van der Waals surface area contributed by atoms with Crippen LogP contribution in [0.25, 0.3) is 16.2 Å². The van der Waals surface area contributed by atoms with E-state index in [2.05, 4.69) is 32.1 Å². The SMILES string of the molecule is Brc1ccc(-c2ccc3nccn3n2)s1. The average molecular weight is 280 g/mol. The quantitative estimate of drug-likeness (QED) is 0.685. The number of halogens is 1. The van der Waals surface area contributed by atoms with Gasteiger partial charge in [0.2, 0.25) is 0 Å². The standard InChI is InChI=1S/C10H6BrN3S/c11-9-3-2-8(15-9)7-1-4-10-12-5-6-14(10)13-7/h1-6H. The molecule has 3 aromatic rings. The maximum Gasteiger partial charge on any atom is 0.153 e. The zero-order valence-electron chi connectivity index (χ0n) is 7.59. The molecule has 15 heavy (non-hydrogen) atoms. The molecular weight excluding hydrogens is 274 g/mol. The first kappa shape index (κ1) is 9.06. The first-order valence-corrected chi connectivity index (χ1v) is 6.00. The van der Waals surface area contributed by atoms with Crippen molar-refractivity contribution in [3.05, 3.63) is 40.4 Å². The number of aromatic nitrogens is 3. The van der Waals surface area contributed by atoms with E-state index in [-0.39, 0.29) is 0 Å². The normalized spacial score (nSPS) is 11.0. The van der Waals surface area contributed by atoms with E-state index in [0.29, 0.717) is 0 Å². The molecule has 0 aromatic carbocycles. The van der Waals surface area contributed by atoms with Gasteiger partial charge in [0.15, 0.2) is 5.65 Å². The van der Waals surface area contributed by atoms with Crippen LogP contribution in [-0.2, 0) is 0 Å². The number of thiophene rings is 1. The summed E-state index contributed by atoms with van der Waals surface area (Å²) in [5, 5.41) is 4.46. The van der Waals surface area contributed by atoms with Crippen LogP contribution in [0, 0.1) is 0 Å². The molecule has 3 nitrogen and oxygen atoms in total. The molecule has 3 heterocycles. The number of hydrogen-bond acceptors (Lipinski definition) is 3. The fourth-order valence-electron chi connectivity index (χ4n) is 1.40. The van der Waals surface area contributed by atoms with E-state index in [1.165, 1.54) is 0 Å². The van der Waals surface area contributed by atoms with Gasteiger partial charge in [0, 0.05) is 12.4 Å². The second kappa shape index (κ2) is 3.43. The molecule has 0 saturated carbocycles. The van der Waals surface area contributed by atoms with Crippen molar-refractivity contribution < 1.29 is 0 Å². The van der Waals surface area contributed by atoms with E-state index < -0.39 is 0 Å². The first-order chi connectivity index (χ1) is 7.33. The van der Waals surface area contributed by atoms with Crippen LogP contribution < -0.4 is 0 Å². The Morgan fingerprint density at radius 1 is 1.20 bits per heavy atom. The zero-order valence-corrected chi connectivity index (χ0v) is 9.99. The van der Waals surface area contributed by atoms with Gasteiger partial charge >= 0.3 is 0 Å². The molecule has 0 N–H and O–H groups in total. The number of rotatable bonds is 1. The minimum absolute atomic E-state index is 0.870. The molecule has 0 fully saturated rings. The molecule has 3 aromatic heterocycles. The van der Waals surface area contributed by atoms with Gasteiger partial charge in [-0.15, -0.1) is 11.3 Å². The van der Waals surface area contributed by atoms with E-state index in [1.54, 1.807) is 22.0 Å². The molecule has 0 unspecified atom stereocenters. The zero-order chi connectivity index (χ0) is 10.3. The van der Waals surface area contributed by atoms with Gasteiger partial charge in [-0.3, -0.25) is 0 Å². The molecule has 0 spiro atoms. The van der Waals surface area contributed by atoms with Gasteiger partial charge in [-0.2, -0.15) is 5.10 Å². The van der Waals surface area contributed by atoms with Gasteiger partial charge in [-0.1, -0.05) is 0 Å². The predicted molar refractivity (Wildman–Crippen MR) is 64.0 cm³/mol. The van der Waals surface area contributed by atoms with Crippen molar-refractivity contribution in [3.63, 3.8) is 0 Å². The van der Waals surface area contributed by atoms with Gasteiger partial charge in [-0.05, 0) is 40.2 Å². The van der Waals surface area contributed by atoms with Crippen LogP contribution in [0.2, 0.25) is 0 Å². The van der Waals surface area contributed by atoms with Gasteiger partial charge < -0.3 is 0 Å². The molecule has 0 amide bonds. The molecule has 0 radical (unpaired) electrons. The summed E-state index contributed by atoms with van der Waals surface area (Å²) in [6.07, 6.45) is 3.60. The fraction of sp³-hybridized carbons (Fsp3) is 0. The Morgan fingerprint density at radius 3 is 2.93 bits per heavy atom. The molecule has 0 saturated heterocycles.